The van der Waals surface area contributed by atoms with Crippen LogP contribution in [0.5, 0.6) is 23.0 Å². The lowest BCUT2D eigenvalue weighted by Gasteiger charge is -2.19. The van der Waals surface area contributed by atoms with Gasteiger partial charge in [0.05, 0.1) is 71.5 Å². The van der Waals surface area contributed by atoms with Crippen molar-refractivity contribution in [2.24, 2.45) is 0 Å². The molecule has 17 aromatic rings. The minimum Gasteiger partial charge on any atom is -0.508 e. The number of alkyl halides is 2. The molecule has 0 spiro atoms. The molecule has 30 heteroatoms. The zero-order chi connectivity index (χ0) is 105. The number of aromatic nitrogens is 6. The molecule has 2 aromatic heterocycles. The SMILES string of the molecule is CC(C)(C#N)c1cc(Br)cc(CBr)c1.CC(C)(C#N)c1cc(Br)cc(Cn2cncn2)c1.CC(C)(C#N)c1cc(Cn2cncn2)cc(-c2ccc3cc(O)ccc3c2)c1.Cc1cc(Br)cc(C(C)(C)C#N)c1.Cc1cc(Br)cc(CBr)c1.Cc1cc(Br)cc(CC#N)c1.Cc1cc(C)cc(Br)c1.OB(O)c1ccc2cc(O)ccc2c1.OB(O)c1ccc2cc(O)ccc2c1.Oc1ccc2cc(Br)ccc2c1. The van der Waals surface area contributed by atoms with Crippen LogP contribution in [-0.2, 0) is 51.8 Å². The molecule has 0 aliphatic rings. The van der Waals surface area contributed by atoms with E-state index in [2.05, 4.69) is 281 Å². The Labute approximate surface area is 912 Å². The predicted octanol–water partition coefficient (Wildman–Crippen LogP) is 28.5. The maximum Gasteiger partial charge on any atom is 0.488 e. The van der Waals surface area contributed by atoms with Gasteiger partial charge in [-0.15, -0.1) is 0 Å². The molecule has 730 valence electrons. The van der Waals surface area contributed by atoms with E-state index in [4.69, 9.17) is 35.9 Å². The van der Waals surface area contributed by atoms with Gasteiger partial charge >= 0.3 is 14.2 Å². The molecule has 0 unspecified atom stereocenters. The summed E-state index contributed by atoms with van der Waals surface area (Å²) in [6, 6.07) is 97.4. The number of phenolic OH excluding ortho intramolecular Hbond substituents is 4. The summed E-state index contributed by atoms with van der Waals surface area (Å²) in [6.45, 7) is 26.9. The maximum atomic E-state index is 9.68. The van der Waals surface area contributed by atoms with E-state index in [-0.39, 0.29) is 17.2 Å². The molecule has 0 saturated carbocycles. The standard InChI is InChI=1S/C23H20N4O.C13H13BrN4.C11H11Br2N.C11H12BrN.2C10H9BO3.C10H7BrO.C9H8BrN.C8H8Br2.C8H9Br/c1-23(2,13-24)21-8-16(12-27-15-25-14-26-27)7-20(10-21)18-3-4-19-11-22(28)6-5-17(19)9-18;1-13(2,7-15)11-3-10(4-12(14)5-11)6-18-9-16-8-17-18;1-11(2,7-14)9-3-8(6-12)4-10(13)5-9;1-8-4-9(6-10(12)5-8)11(2,3)7-13;2*12-10-4-2-7-5-9(11(13)14)3-1-8(7)6-10;11-9-3-1-8-6-10(12)4-2-7(8)5-9;1-7-4-8(2-3-11)6-9(10)5-7;1-6-2-7(5-9)4-8(10)3-6;1-6-3-7(2)5-8(9)4-6/h3-11,14-15,28H,12H2,1-2H3;3-5,8-9H,6H2,1-2H3;3-5H,6H2,1-2H3;4-6H,1-3H3;2*1-6,12-14H;1-6,12H;4-6H,2H2,1H3;2-4H,5H2,1H3;3-5H,1-2H3. The first-order valence-corrected chi connectivity index (χ1v) is 52.3. The summed E-state index contributed by atoms with van der Waals surface area (Å²) in [6.07, 6.45) is 6.88. The van der Waals surface area contributed by atoms with E-state index in [0.717, 1.165) is 131 Å². The van der Waals surface area contributed by atoms with Gasteiger partial charge in [-0.2, -0.15) is 36.5 Å². The van der Waals surface area contributed by atoms with Crippen molar-refractivity contribution in [3.8, 4) is 64.5 Å². The van der Waals surface area contributed by atoms with E-state index in [1.54, 1.807) is 119 Å². The Morgan fingerprint density at radius 2 is 0.580 bits per heavy atom. The highest BCUT2D eigenvalue weighted by Gasteiger charge is 2.25. The molecule has 0 aliphatic carbocycles. The van der Waals surface area contributed by atoms with Gasteiger partial charge in [0.25, 0.3) is 0 Å². The molecule has 2 heterocycles. The fraction of sp³-hybridized carbons (Fsp3) is 0.195. The van der Waals surface area contributed by atoms with E-state index in [1.807, 2.05) is 178 Å². The predicted molar refractivity (Wildman–Crippen MR) is 611 cm³/mol. The highest BCUT2D eigenvalue weighted by atomic mass is 79.9. The number of aryl methyl sites for hydroxylation is 5. The molecular formula is C113H106B2Br9N11O8. The molecule has 0 radical (unpaired) electrons. The summed E-state index contributed by atoms with van der Waals surface area (Å²) in [5.41, 5.74) is 17.1. The van der Waals surface area contributed by atoms with Crippen LogP contribution in [-0.4, -0.2) is 84.3 Å². The lowest BCUT2D eigenvalue weighted by Crippen LogP contribution is -2.29. The number of nitriles is 5. The summed E-state index contributed by atoms with van der Waals surface area (Å²) >= 11 is 30.8. The van der Waals surface area contributed by atoms with E-state index >= 15 is 0 Å². The van der Waals surface area contributed by atoms with Crippen molar-refractivity contribution < 1.29 is 40.5 Å². The monoisotopic (exact) mass is 2480 g/mol. The Bertz CT molecular complexity index is 7200. The minimum absolute atomic E-state index is 0.204. The van der Waals surface area contributed by atoms with Crippen molar-refractivity contribution in [2.75, 3.05) is 0 Å². The van der Waals surface area contributed by atoms with Crippen molar-refractivity contribution in [3.63, 3.8) is 0 Å². The van der Waals surface area contributed by atoms with Gasteiger partial charge in [-0.3, -0.25) is 0 Å². The maximum absolute atomic E-state index is 9.68. The lowest BCUT2D eigenvalue weighted by molar-refractivity contribution is 0.424. The van der Waals surface area contributed by atoms with Gasteiger partial charge in [0.1, 0.15) is 48.3 Å². The fourth-order valence-electron chi connectivity index (χ4n) is 14.1. The van der Waals surface area contributed by atoms with Gasteiger partial charge in [0.15, 0.2) is 0 Å². The average Bonchev–Trinajstić information content (AvgIpc) is 1.05. The molecular weight excluding hydrogens is 2380 g/mol. The third-order valence-corrected chi connectivity index (χ3v) is 26.3. The number of aromatic hydroxyl groups is 4. The topological polar surface area (TPSA) is 342 Å². The van der Waals surface area contributed by atoms with Crippen LogP contribution < -0.4 is 10.9 Å². The van der Waals surface area contributed by atoms with Crippen LogP contribution in [0, 0.1) is 91.3 Å². The second kappa shape index (κ2) is 55.6. The fourth-order valence-corrected chi connectivity index (χ4v) is 18.9. The molecule has 0 amide bonds. The van der Waals surface area contributed by atoms with Gasteiger partial charge in [0.2, 0.25) is 0 Å². The Morgan fingerprint density at radius 3 is 0.944 bits per heavy atom. The number of rotatable bonds is 14. The van der Waals surface area contributed by atoms with Crippen LogP contribution in [0.15, 0.2) is 330 Å². The molecule has 0 aliphatic heterocycles. The zero-order valence-corrected chi connectivity index (χ0v) is 95.2. The van der Waals surface area contributed by atoms with Crippen LogP contribution >= 0.6 is 143 Å². The van der Waals surface area contributed by atoms with Crippen LogP contribution in [0.25, 0.3) is 54.2 Å². The normalized spacial score (nSPS) is 10.7. The minimum atomic E-state index is -1.45. The van der Waals surface area contributed by atoms with Crippen molar-refractivity contribution in [1.82, 2.24) is 29.5 Å². The first-order valence-electron chi connectivity index (χ1n) is 44.5. The van der Waals surface area contributed by atoms with Crippen LogP contribution in [0.4, 0.5) is 0 Å². The molecule has 0 bridgehead atoms. The first kappa shape index (κ1) is 117. The van der Waals surface area contributed by atoms with Crippen molar-refractivity contribution in [3.05, 3.63) is 407 Å². The number of hydrogen-bond donors (Lipinski definition) is 8. The van der Waals surface area contributed by atoms with Crippen LogP contribution in [0.1, 0.15) is 133 Å². The molecule has 0 fully saturated rings. The van der Waals surface area contributed by atoms with Gasteiger partial charge in [-0.05, 0) is 385 Å². The molecule has 0 saturated heterocycles. The number of benzene rings is 15. The van der Waals surface area contributed by atoms with E-state index in [1.165, 1.54) is 56.1 Å². The highest BCUT2D eigenvalue weighted by molar-refractivity contribution is 9.11. The number of hydrogen-bond acceptors (Lipinski definition) is 17. The van der Waals surface area contributed by atoms with E-state index in [9.17, 15) is 30.9 Å². The van der Waals surface area contributed by atoms with E-state index < -0.39 is 35.9 Å². The van der Waals surface area contributed by atoms with Crippen molar-refractivity contribution in [1.29, 1.82) is 26.3 Å². The molecule has 0 atom stereocenters. The third-order valence-electron chi connectivity index (χ3n) is 21.8. The summed E-state index contributed by atoms with van der Waals surface area (Å²) in [5.74, 6) is 0.975. The van der Waals surface area contributed by atoms with Crippen molar-refractivity contribution >= 4 is 212 Å². The first-order chi connectivity index (χ1) is 67.6. The summed E-state index contributed by atoms with van der Waals surface area (Å²) in [5, 5.41) is 136. The number of nitrogens with zero attached hydrogens (tertiary/aromatic N) is 11. The second-order valence-electron chi connectivity index (χ2n) is 35.7. The smallest absolute Gasteiger partial charge is 0.488 e. The average molecular weight is 2490 g/mol. The number of fused-ring (bicyclic) bond motifs is 4. The van der Waals surface area contributed by atoms with Crippen molar-refractivity contribution in [2.45, 2.75) is 142 Å². The molecule has 19 nitrogen and oxygen atoms in total. The number of halogens is 9. The van der Waals surface area contributed by atoms with E-state index in [0.29, 0.717) is 36.2 Å². The summed E-state index contributed by atoms with van der Waals surface area (Å²) in [7, 11) is -2.90. The van der Waals surface area contributed by atoms with Gasteiger partial charge in [-0.25, -0.2) is 19.3 Å². The Kier molecular flexibility index (Phi) is 45.4. The molecule has 15 aromatic carbocycles. The Morgan fingerprint density at radius 1 is 0.287 bits per heavy atom. The van der Waals surface area contributed by atoms with Gasteiger partial charge < -0.3 is 40.5 Å². The summed E-state index contributed by atoms with van der Waals surface area (Å²) < 4.78 is 11.0. The second-order valence-corrected chi connectivity index (χ2v) is 43.2. The molecule has 17 rings (SSSR count). The largest absolute Gasteiger partial charge is 0.508 e. The molecule has 8 N–H and O–H groups in total. The van der Waals surface area contributed by atoms with Crippen LogP contribution in [0.3, 0.4) is 0 Å². The third kappa shape index (κ3) is 38.2. The van der Waals surface area contributed by atoms with Gasteiger partial charge in [0, 0.05) is 42.0 Å². The van der Waals surface area contributed by atoms with Crippen LogP contribution in [0.2, 0.25) is 0 Å². The van der Waals surface area contributed by atoms with Gasteiger partial charge in [-0.1, -0.05) is 265 Å². The Balaban J connectivity index is 0.000000198. The zero-order valence-electron chi connectivity index (χ0n) is 80.9. The Hall–Kier alpha value is -11.4. The number of phenols is 4. The lowest BCUT2D eigenvalue weighted by atomic mass is 9.79. The quantitative estimate of drug-likeness (QED) is 0.0370. The molecule has 143 heavy (non-hydrogen) atoms. The summed E-state index contributed by atoms with van der Waals surface area (Å²) in [4.78, 5) is 7.92. The highest BCUT2D eigenvalue weighted by Crippen LogP contribution is 2.36.